The van der Waals surface area contributed by atoms with Crippen LogP contribution in [0.25, 0.3) is 0 Å². The van der Waals surface area contributed by atoms with Gasteiger partial charge in [0, 0.05) is 11.1 Å². The molecule has 0 aromatic heterocycles. The van der Waals surface area contributed by atoms with E-state index in [-0.39, 0.29) is 11.1 Å². The average Bonchev–Trinajstić information content (AvgIpc) is 1.56. The standard InChI is InChI=1S/C9H18N2/c1-8(2,3)11(7-10)9(4,5)6/h1-6H3. The zero-order chi connectivity index (χ0) is 9.28. The highest BCUT2D eigenvalue weighted by Crippen LogP contribution is 2.22. The van der Waals surface area contributed by atoms with Crippen molar-refractivity contribution in [2.45, 2.75) is 52.6 Å². The molecule has 0 aliphatic rings. The van der Waals surface area contributed by atoms with E-state index in [1.807, 2.05) is 41.5 Å². The fourth-order valence-corrected chi connectivity index (χ4v) is 1.31. The van der Waals surface area contributed by atoms with Gasteiger partial charge in [-0.05, 0) is 41.5 Å². The van der Waals surface area contributed by atoms with Crippen molar-refractivity contribution in [1.29, 1.82) is 5.26 Å². The van der Waals surface area contributed by atoms with Crippen molar-refractivity contribution in [3.63, 3.8) is 0 Å². The molecule has 0 amide bonds. The van der Waals surface area contributed by atoms with E-state index in [0.717, 1.165) is 0 Å². The minimum absolute atomic E-state index is 0.0764. The Bertz CT molecular complexity index is 149. The number of rotatable bonds is 0. The maximum Gasteiger partial charge on any atom is 0.180 e. The highest BCUT2D eigenvalue weighted by Gasteiger charge is 2.29. The van der Waals surface area contributed by atoms with E-state index in [0.29, 0.717) is 0 Å². The van der Waals surface area contributed by atoms with Gasteiger partial charge in [-0.3, -0.25) is 0 Å². The van der Waals surface area contributed by atoms with Gasteiger partial charge in [-0.1, -0.05) is 0 Å². The number of hydrogen-bond donors (Lipinski definition) is 0. The molecule has 0 saturated carbocycles. The van der Waals surface area contributed by atoms with Crippen LogP contribution in [-0.4, -0.2) is 16.0 Å². The van der Waals surface area contributed by atoms with E-state index in [4.69, 9.17) is 5.26 Å². The quantitative estimate of drug-likeness (QED) is 0.395. The van der Waals surface area contributed by atoms with Gasteiger partial charge in [-0.25, -0.2) is 0 Å². The summed E-state index contributed by atoms with van der Waals surface area (Å²) in [7, 11) is 0. The van der Waals surface area contributed by atoms with Crippen molar-refractivity contribution in [2.75, 3.05) is 0 Å². The monoisotopic (exact) mass is 154 g/mol. The highest BCUT2D eigenvalue weighted by molar-refractivity contribution is 4.95. The van der Waals surface area contributed by atoms with Crippen LogP contribution in [0, 0.1) is 11.5 Å². The molecular weight excluding hydrogens is 136 g/mol. The van der Waals surface area contributed by atoms with Crippen molar-refractivity contribution < 1.29 is 0 Å². The van der Waals surface area contributed by atoms with Crippen LogP contribution in [0.2, 0.25) is 0 Å². The first-order valence-corrected chi connectivity index (χ1v) is 3.89. The lowest BCUT2D eigenvalue weighted by Crippen LogP contribution is -2.49. The van der Waals surface area contributed by atoms with Crippen molar-refractivity contribution >= 4 is 0 Å². The van der Waals surface area contributed by atoms with Crippen LogP contribution in [0.4, 0.5) is 0 Å². The first-order valence-electron chi connectivity index (χ1n) is 3.89. The minimum Gasteiger partial charge on any atom is -0.300 e. The average molecular weight is 154 g/mol. The summed E-state index contributed by atoms with van der Waals surface area (Å²) in [6.45, 7) is 12.3. The molecule has 0 bridgehead atoms. The molecule has 0 N–H and O–H groups in total. The van der Waals surface area contributed by atoms with E-state index >= 15 is 0 Å². The summed E-state index contributed by atoms with van der Waals surface area (Å²) in [5.41, 5.74) is -0.153. The molecule has 0 spiro atoms. The van der Waals surface area contributed by atoms with E-state index in [1.165, 1.54) is 0 Å². The van der Waals surface area contributed by atoms with Crippen molar-refractivity contribution in [3.05, 3.63) is 0 Å². The van der Waals surface area contributed by atoms with Gasteiger partial charge in [0.15, 0.2) is 6.19 Å². The third kappa shape index (κ3) is 2.80. The largest absolute Gasteiger partial charge is 0.300 e. The Morgan fingerprint density at radius 2 is 1.18 bits per heavy atom. The van der Waals surface area contributed by atoms with E-state index in [1.54, 1.807) is 4.90 Å². The van der Waals surface area contributed by atoms with Gasteiger partial charge in [-0.15, -0.1) is 0 Å². The molecule has 0 radical (unpaired) electrons. The van der Waals surface area contributed by atoms with Gasteiger partial charge >= 0.3 is 0 Å². The second-order valence-corrected chi connectivity index (χ2v) is 4.78. The zero-order valence-electron chi connectivity index (χ0n) is 8.39. The highest BCUT2D eigenvalue weighted by atomic mass is 15.2. The number of nitrogens with zero attached hydrogens (tertiary/aromatic N) is 2. The fourth-order valence-electron chi connectivity index (χ4n) is 1.31. The van der Waals surface area contributed by atoms with Crippen molar-refractivity contribution in [2.24, 2.45) is 0 Å². The molecule has 0 atom stereocenters. The van der Waals surface area contributed by atoms with Gasteiger partial charge in [0.2, 0.25) is 0 Å². The Morgan fingerprint density at radius 1 is 0.909 bits per heavy atom. The van der Waals surface area contributed by atoms with Crippen LogP contribution >= 0.6 is 0 Å². The molecule has 11 heavy (non-hydrogen) atoms. The van der Waals surface area contributed by atoms with Crippen LogP contribution < -0.4 is 0 Å². The van der Waals surface area contributed by atoms with E-state index in [9.17, 15) is 0 Å². The smallest absolute Gasteiger partial charge is 0.180 e. The van der Waals surface area contributed by atoms with E-state index < -0.39 is 0 Å². The molecule has 0 aromatic rings. The Hall–Kier alpha value is -0.710. The minimum atomic E-state index is -0.0764. The lowest BCUT2D eigenvalue weighted by atomic mass is 9.97. The Morgan fingerprint density at radius 3 is 1.18 bits per heavy atom. The van der Waals surface area contributed by atoms with Gasteiger partial charge in [0.25, 0.3) is 0 Å². The summed E-state index contributed by atoms with van der Waals surface area (Å²) in [4.78, 5) is 1.81. The molecule has 0 unspecified atom stereocenters. The third-order valence-electron chi connectivity index (χ3n) is 1.44. The van der Waals surface area contributed by atoms with Crippen LogP contribution in [0.5, 0.6) is 0 Å². The SMILES string of the molecule is CC(C)(C)N(C#N)C(C)(C)C. The molecule has 2 nitrogen and oxygen atoms in total. The lowest BCUT2D eigenvalue weighted by molar-refractivity contribution is 0.107. The zero-order valence-corrected chi connectivity index (χ0v) is 8.39. The molecule has 64 valence electrons. The second kappa shape index (κ2) is 2.73. The Kier molecular flexibility index (Phi) is 2.55. The molecule has 0 aliphatic carbocycles. The summed E-state index contributed by atoms with van der Waals surface area (Å²) in [5, 5.41) is 8.87. The van der Waals surface area contributed by atoms with E-state index in [2.05, 4.69) is 6.19 Å². The molecule has 0 saturated heterocycles. The number of nitriles is 1. The van der Waals surface area contributed by atoms with Crippen molar-refractivity contribution in [3.8, 4) is 6.19 Å². The summed E-state index contributed by atoms with van der Waals surface area (Å²) in [6.07, 6.45) is 2.22. The van der Waals surface area contributed by atoms with Crippen LogP contribution in [-0.2, 0) is 0 Å². The van der Waals surface area contributed by atoms with Crippen molar-refractivity contribution in [1.82, 2.24) is 4.90 Å². The Labute approximate surface area is 69.8 Å². The summed E-state index contributed by atoms with van der Waals surface area (Å²) in [6, 6.07) is 0. The molecule has 0 rings (SSSR count). The van der Waals surface area contributed by atoms with Gasteiger partial charge in [-0.2, -0.15) is 5.26 Å². The molecule has 0 fully saturated rings. The maximum absolute atomic E-state index is 8.87. The summed E-state index contributed by atoms with van der Waals surface area (Å²) < 4.78 is 0. The normalized spacial score (nSPS) is 12.5. The predicted octanol–water partition coefficient (Wildman–Crippen LogP) is 2.37. The Balaban J connectivity index is 4.60. The lowest BCUT2D eigenvalue weighted by Gasteiger charge is -2.40. The third-order valence-corrected chi connectivity index (χ3v) is 1.44. The van der Waals surface area contributed by atoms with Crippen LogP contribution in [0.1, 0.15) is 41.5 Å². The molecule has 0 heterocycles. The maximum atomic E-state index is 8.87. The first kappa shape index (κ1) is 10.3. The molecule has 0 aromatic carbocycles. The topological polar surface area (TPSA) is 27.0 Å². The van der Waals surface area contributed by atoms with Gasteiger partial charge in [0.05, 0.1) is 0 Å². The molecule has 0 aliphatic heterocycles. The summed E-state index contributed by atoms with van der Waals surface area (Å²) in [5.74, 6) is 0. The van der Waals surface area contributed by atoms with Gasteiger partial charge in [0.1, 0.15) is 0 Å². The summed E-state index contributed by atoms with van der Waals surface area (Å²) >= 11 is 0. The van der Waals surface area contributed by atoms with Crippen LogP contribution in [0.15, 0.2) is 0 Å². The van der Waals surface area contributed by atoms with Crippen LogP contribution in [0.3, 0.4) is 0 Å². The molecular formula is C9H18N2. The number of hydrogen-bond acceptors (Lipinski definition) is 2. The molecule has 2 heteroatoms. The first-order chi connectivity index (χ1) is 4.69. The fraction of sp³-hybridized carbons (Fsp3) is 0.889. The second-order valence-electron chi connectivity index (χ2n) is 4.78. The predicted molar refractivity (Wildman–Crippen MR) is 47.0 cm³/mol. The van der Waals surface area contributed by atoms with Gasteiger partial charge < -0.3 is 4.90 Å².